The van der Waals surface area contributed by atoms with Gasteiger partial charge in [-0.25, -0.2) is 9.37 Å². The Balaban J connectivity index is 1.73. The van der Waals surface area contributed by atoms with Crippen LogP contribution in [0, 0.1) is 5.82 Å². The van der Waals surface area contributed by atoms with Crippen molar-refractivity contribution in [2.75, 3.05) is 31.1 Å². The van der Waals surface area contributed by atoms with Gasteiger partial charge in [-0.2, -0.15) is 0 Å². The smallest absolute Gasteiger partial charge is 0.170 e. The molecule has 4 nitrogen and oxygen atoms in total. The first kappa shape index (κ1) is 12.8. The lowest BCUT2D eigenvalue weighted by Crippen LogP contribution is -2.35. The number of hydrogen-bond donors (Lipinski definition) is 1. The van der Waals surface area contributed by atoms with E-state index in [0.717, 1.165) is 19.5 Å². The molecule has 3 rings (SSSR count). The van der Waals surface area contributed by atoms with Crippen LogP contribution in [0.25, 0.3) is 0 Å². The van der Waals surface area contributed by atoms with Crippen LogP contribution in [0.1, 0.15) is 24.8 Å². The van der Waals surface area contributed by atoms with E-state index in [4.69, 9.17) is 5.73 Å². The minimum Gasteiger partial charge on any atom is -0.353 e. The number of nitrogens with zero attached hydrogens (tertiary/aromatic N) is 3. The number of hydrogen-bond acceptors (Lipinski definition) is 4. The predicted octanol–water partition coefficient (Wildman–Crippen LogP) is 1.35. The van der Waals surface area contributed by atoms with Gasteiger partial charge >= 0.3 is 0 Å². The maximum atomic E-state index is 14.2. The Morgan fingerprint density at radius 2 is 2.11 bits per heavy atom. The van der Waals surface area contributed by atoms with E-state index in [-0.39, 0.29) is 12.4 Å². The number of anilines is 1. The van der Waals surface area contributed by atoms with E-state index in [1.807, 2.05) is 0 Å². The summed E-state index contributed by atoms with van der Waals surface area (Å²) < 4.78 is 14.2. The van der Waals surface area contributed by atoms with E-state index < -0.39 is 0 Å². The lowest BCUT2D eigenvalue weighted by atomic mass is 10.2. The van der Waals surface area contributed by atoms with Gasteiger partial charge in [0.15, 0.2) is 11.6 Å². The van der Waals surface area contributed by atoms with Gasteiger partial charge in [-0.3, -0.25) is 4.90 Å². The summed E-state index contributed by atoms with van der Waals surface area (Å²) in [5.74, 6) is 0.233. The summed E-state index contributed by atoms with van der Waals surface area (Å²) in [4.78, 5) is 8.81. The average molecular weight is 264 g/mol. The molecule has 0 bridgehead atoms. The van der Waals surface area contributed by atoms with Crippen molar-refractivity contribution in [3.63, 3.8) is 0 Å². The zero-order valence-corrected chi connectivity index (χ0v) is 11.2. The molecule has 1 atom stereocenters. The van der Waals surface area contributed by atoms with Gasteiger partial charge in [0.2, 0.25) is 0 Å². The van der Waals surface area contributed by atoms with Crippen molar-refractivity contribution >= 4 is 5.82 Å². The van der Waals surface area contributed by atoms with Crippen molar-refractivity contribution < 1.29 is 4.39 Å². The molecule has 104 valence electrons. The van der Waals surface area contributed by atoms with Gasteiger partial charge in [0.05, 0.1) is 0 Å². The van der Waals surface area contributed by atoms with E-state index >= 15 is 0 Å². The molecule has 2 fully saturated rings. The lowest BCUT2D eigenvalue weighted by molar-refractivity contribution is 0.260. The van der Waals surface area contributed by atoms with Crippen LogP contribution in [0.5, 0.6) is 0 Å². The van der Waals surface area contributed by atoms with Crippen molar-refractivity contribution in [3.8, 4) is 0 Å². The maximum Gasteiger partial charge on any atom is 0.170 e. The van der Waals surface area contributed by atoms with Crippen LogP contribution in [0.2, 0.25) is 0 Å². The molecule has 2 aliphatic rings. The second kappa shape index (κ2) is 5.43. The van der Waals surface area contributed by atoms with Crippen molar-refractivity contribution in [3.05, 3.63) is 23.6 Å². The highest BCUT2D eigenvalue weighted by Crippen LogP contribution is 2.26. The molecule has 1 unspecified atom stereocenters. The molecular weight excluding hydrogens is 243 g/mol. The van der Waals surface area contributed by atoms with Crippen LogP contribution >= 0.6 is 0 Å². The first-order valence-corrected chi connectivity index (χ1v) is 7.12. The summed E-state index contributed by atoms with van der Waals surface area (Å²) in [6.07, 6.45) is 5.36. The summed E-state index contributed by atoms with van der Waals surface area (Å²) in [5, 5.41) is 0. The average Bonchev–Trinajstić information content (AvgIpc) is 3.09. The van der Waals surface area contributed by atoms with Gasteiger partial charge < -0.3 is 10.6 Å². The van der Waals surface area contributed by atoms with Crippen molar-refractivity contribution in [1.29, 1.82) is 0 Å². The van der Waals surface area contributed by atoms with Crippen molar-refractivity contribution in [1.82, 2.24) is 9.88 Å². The minimum atomic E-state index is -0.243. The molecule has 0 amide bonds. The molecule has 2 aliphatic heterocycles. The van der Waals surface area contributed by atoms with Crippen LogP contribution in [0.4, 0.5) is 10.2 Å². The number of halogens is 1. The third-order valence-electron chi connectivity index (χ3n) is 4.29. The fraction of sp³-hybridized carbons (Fsp3) is 0.643. The Hall–Kier alpha value is -1.20. The highest BCUT2D eigenvalue weighted by molar-refractivity contribution is 5.44. The SMILES string of the molecule is NCc1ccnc(N2CCC(N3CCCC3)C2)c1F. The molecule has 1 aromatic heterocycles. The lowest BCUT2D eigenvalue weighted by Gasteiger charge is -2.24. The fourth-order valence-corrected chi connectivity index (χ4v) is 3.19. The summed E-state index contributed by atoms with van der Waals surface area (Å²) >= 11 is 0. The maximum absolute atomic E-state index is 14.2. The van der Waals surface area contributed by atoms with Crippen LogP contribution in [0.3, 0.4) is 0 Å². The molecule has 0 aromatic carbocycles. The zero-order valence-electron chi connectivity index (χ0n) is 11.2. The Morgan fingerprint density at radius 3 is 2.84 bits per heavy atom. The number of likely N-dealkylation sites (tertiary alicyclic amines) is 1. The molecule has 1 aromatic rings. The third kappa shape index (κ3) is 2.44. The molecule has 5 heteroatoms. The molecule has 0 aliphatic carbocycles. The first-order valence-electron chi connectivity index (χ1n) is 7.12. The summed E-state index contributed by atoms with van der Waals surface area (Å²) in [6.45, 7) is 4.39. The Labute approximate surface area is 113 Å². The Bertz CT molecular complexity index is 445. The number of aromatic nitrogens is 1. The number of rotatable bonds is 3. The van der Waals surface area contributed by atoms with Gasteiger partial charge in [-0.1, -0.05) is 0 Å². The zero-order chi connectivity index (χ0) is 13.2. The van der Waals surface area contributed by atoms with Crippen LogP contribution < -0.4 is 10.6 Å². The van der Waals surface area contributed by atoms with Gasteiger partial charge in [0.25, 0.3) is 0 Å². The van der Waals surface area contributed by atoms with Gasteiger partial charge in [0, 0.05) is 37.4 Å². The monoisotopic (exact) mass is 264 g/mol. The van der Waals surface area contributed by atoms with E-state index in [0.29, 0.717) is 17.4 Å². The van der Waals surface area contributed by atoms with Gasteiger partial charge in [-0.15, -0.1) is 0 Å². The molecule has 2 N–H and O–H groups in total. The van der Waals surface area contributed by atoms with E-state index in [9.17, 15) is 4.39 Å². The van der Waals surface area contributed by atoms with Crippen LogP contribution in [-0.2, 0) is 6.54 Å². The predicted molar refractivity (Wildman–Crippen MR) is 73.5 cm³/mol. The molecule has 0 spiro atoms. The molecule has 0 radical (unpaired) electrons. The standard InChI is InChI=1S/C14H21FN4/c15-13-11(9-16)3-5-17-14(13)19-8-4-12(10-19)18-6-1-2-7-18/h3,5,12H,1-2,4,6-10,16H2. The van der Waals surface area contributed by atoms with Gasteiger partial charge in [0.1, 0.15) is 0 Å². The molecule has 19 heavy (non-hydrogen) atoms. The summed E-state index contributed by atoms with van der Waals surface area (Å²) in [7, 11) is 0. The quantitative estimate of drug-likeness (QED) is 0.895. The van der Waals surface area contributed by atoms with Crippen LogP contribution in [-0.4, -0.2) is 42.1 Å². The number of nitrogens with two attached hydrogens (primary N) is 1. The Morgan fingerprint density at radius 1 is 1.32 bits per heavy atom. The van der Waals surface area contributed by atoms with E-state index in [2.05, 4.69) is 14.8 Å². The van der Waals surface area contributed by atoms with Gasteiger partial charge in [-0.05, 0) is 38.4 Å². The van der Waals surface area contributed by atoms with E-state index in [1.165, 1.54) is 25.9 Å². The third-order valence-corrected chi connectivity index (χ3v) is 4.29. The fourth-order valence-electron chi connectivity index (χ4n) is 3.19. The molecular formula is C14H21FN4. The highest BCUT2D eigenvalue weighted by atomic mass is 19.1. The van der Waals surface area contributed by atoms with Crippen molar-refractivity contribution in [2.45, 2.75) is 31.8 Å². The normalized spacial score (nSPS) is 24.3. The molecule has 3 heterocycles. The first-order chi connectivity index (χ1) is 9.29. The van der Waals surface area contributed by atoms with Crippen molar-refractivity contribution in [2.24, 2.45) is 5.73 Å². The minimum absolute atomic E-state index is 0.227. The largest absolute Gasteiger partial charge is 0.353 e. The molecule has 0 saturated carbocycles. The summed E-state index contributed by atoms with van der Waals surface area (Å²) in [5.41, 5.74) is 6.10. The topological polar surface area (TPSA) is 45.4 Å². The van der Waals surface area contributed by atoms with Crippen LogP contribution in [0.15, 0.2) is 12.3 Å². The summed E-state index contributed by atoms with van der Waals surface area (Å²) in [6, 6.07) is 2.22. The highest BCUT2D eigenvalue weighted by Gasteiger charge is 2.31. The Kier molecular flexibility index (Phi) is 3.66. The van der Waals surface area contributed by atoms with E-state index in [1.54, 1.807) is 12.3 Å². The molecule has 2 saturated heterocycles. The second-order valence-electron chi connectivity index (χ2n) is 5.44. The number of pyridine rings is 1. The second-order valence-corrected chi connectivity index (χ2v) is 5.44.